The van der Waals surface area contributed by atoms with Gasteiger partial charge in [-0.2, -0.15) is 11.8 Å². The SMILES string of the molecule is CSC(CO)C(C)NC(=O)c1cc(C)cc(Br)c1. The van der Waals surface area contributed by atoms with Crippen LogP contribution in [0.25, 0.3) is 0 Å². The molecule has 0 saturated carbocycles. The van der Waals surface area contributed by atoms with Crippen LogP contribution in [0.5, 0.6) is 0 Å². The molecule has 0 heterocycles. The van der Waals surface area contributed by atoms with Gasteiger partial charge >= 0.3 is 0 Å². The second kappa shape index (κ2) is 7.16. The van der Waals surface area contributed by atoms with Crippen molar-refractivity contribution in [3.05, 3.63) is 33.8 Å². The highest BCUT2D eigenvalue weighted by Crippen LogP contribution is 2.16. The largest absolute Gasteiger partial charge is 0.395 e. The number of benzene rings is 1. The highest BCUT2D eigenvalue weighted by Gasteiger charge is 2.18. The van der Waals surface area contributed by atoms with Crippen molar-refractivity contribution in [2.24, 2.45) is 0 Å². The minimum absolute atomic E-state index is 0.0159. The molecule has 2 N–H and O–H groups in total. The van der Waals surface area contributed by atoms with Crippen molar-refractivity contribution in [1.29, 1.82) is 0 Å². The molecule has 0 aromatic heterocycles. The van der Waals surface area contributed by atoms with Gasteiger partial charge in [-0.05, 0) is 43.9 Å². The molecule has 1 aromatic carbocycles. The summed E-state index contributed by atoms with van der Waals surface area (Å²) in [6, 6.07) is 5.53. The molecule has 3 nitrogen and oxygen atoms in total. The van der Waals surface area contributed by atoms with Gasteiger partial charge in [0.2, 0.25) is 0 Å². The minimum atomic E-state index is -0.112. The van der Waals surface area contributed by atoms with Gasteiger partial charge in [0.05, 0.1) is 6.61 Å². The van der Waals surface area contributed by atoms with Gasteiger partial charge in [-0.1, -0.05) is 15.9 Å². The average Bonchev–Trinajstić information content (AvgIpc) is 2.29. The summed E-state index contributed by atoms with van der Waals surface area (Å²) < 4.78 is 0.892. The quantitative estimate of drug-likeness (QED) is 0.871. The zero-order valence-corrected chi connectivity index (χ0v) is 13.1. The lowest BCUT2D eigenvalue weighted by atomic mass is 10.1. The molecule has 0 saturated heterocycles. The summed E-state index contributed by atoms with van der Waals surface area (Å²) in [7, 11) is 0. The number of amides is 1. The lowest BCUT2D eigenvalue weighted by molar-refractivity contribution is 0.0936. The minimum Gasteiger partial charge on any atom is -0.395 e. The monoisotopic (exact) mass is 331 g/mol. The number of carbonyl (C=O) groups is 1. The van der Waals surface area contributed by atoms with Gasteiger partial charge in [-0.25, -0.2) is 0 Å². The van der Waals surface area contributed by atoms with Crippen LogP contribution in [0.15, 0.2) is 22.7 Å². The van der Waals surface area contributed by atoms with Crippen LogP contribution in [0.4, 0.5) is 0 Å². The summed E-state index contributed by atoms with van der Waals surface area (Å²) in [4.78, 5) is 12.1. The number of aliphatic hydroxyl groups excluding tert-OH is 1. The molecular weight excluding hydrogens is 314 g/mol. The number of nitrogens with one attached hydrogen (secondary N) is 1. The molecule has 1 amide bonds. The first-order chi connectivity index (χ1) is 8.47. The van der Waals surface area contributed by atoms with E-state index in [4.69, 9.17) is 0 Å². The Hall–Kier alpha value is -0.520. The van der Waals surface area contributed by atoms with Crippen LogP contribution in [0.3, 0.4) is 0 Å². The van der Waals surface area contributed by atoms with E-state index in [1.54, 1.807) is 17.8 Å². The van der Waals surface area contributed by atoms with Crippen LogP contribution in [-0.4, -0.2) is 35.2 Å². The Bertz CT molecular complexity index is 401. The standard InChI is InChI=1S/C13H18BrNO2S/c1-8-4-10(6-11(14)5-8)13(17)15-9(2)12(7-16)18-3/h4-6,9,12,16H,7H2,1-3H3,(H,15,17). The third-order valence-corrected chi connectivity index (χ3v) is 4.32. The van der Waals surface area contributed by atoms with Crippen LogP contribution in [0.1, 0.15) is 22.8 Å². The lowest BCUT2D eigenvalue weighted by Gasteiger charge is -2.21. The number of halogens is 1. The van der Waals surface area contributed by atoms with Crippen molar-refractivity contribution in [2.45, 2.75) is 25.1 Å². The molecule has 1 rings (SSSR count). The van der Waals surface area contributed by atoms with Crippen LogP contribution in [-0.2, 0) is 0 Å². The molecule has 18 heavy (non-hydrogen) atoms. The number of aryl methyl sites for hydroxylation is 1. The van der Waals surface area contributed by atoms with E-state index in [1.807, 2.05) is 32.2 Å². The molecule has 2 unspecified atom stereocenters. The van der Waals surface area contributed by atoms with Gasteiger partial charge in [0.15, 0.2) is 0 Å². The van der Waals surface area contributed by atoms with E-state index in [-0.39, 0.29) is 23.8 Å². The molecule has 5 heteroatoms. The van der Waals surface area contributed by atoms with Crippen LogP contribution in [0.2, 0.25) is 0 Å². The van der Waals surface area contributed by atoms with Crippen molar-refractivity contribution in [3.8, 4) is 0 Å². The van der Waals surface area contributed by atoms with E-state index in [2.05, 4.69) is 21.2 Å². The first-order valence-electron chi connectivity index (χ1n) is 5.69. The van der Waals surface area contributed by atoms with Crippen molar-refractivity contribution < 1.29 is 9.90 Å². The Kier molecular flexibility index (Phi) is 6.18. The zero-order chi connectivity index (χ0) is 13.7. The summed E-state index contributed by atoms with van der Waals surface area (Å²) in [5.74, 6) is -0.112. The molecular formula is C13H18BrNO2S. The smallest absolute Gasteiger partial charge is 0.251 e. The Morgan fingerprint density at radius 1 is 1.50 bits per heavy atom. The van der Waals surface area contributed by atoms with Gasteiger partial charge in [0.1, 0.15) is 0 Å². The van der Waals surface area contributed by atoms with Gasteiger partial charge in [-0.3, -0.25) is 4.79 Å². The summed E-state index contributed by atoms with van der Waals surface area (Å²) >= 11 is 4.93. The Labute approximate surface area is 120 Å². The normalized spacial score (nSPS) is 14.1. The average molecular weight is 332 g/mol. The molecule has 0 aliphatic carbocycles. The van der Waals surface area contributed by atoms with Crippen LogP contribution in [0, 0.1) is 6.92 Å². The first-order valence-corrected chi connectivity index (χ1v) is 7.77. The van der Waals surface area contributed by atoms with Gasteiger partial charge < -0.3 is 10.4 Å². The highest BCUT2D eigenvalue weighted by atomic mass is 79.9. The van der Waals surface area contributed by atoms with E-state index in [0.29, 0.717) is 5.56 Å². The van der Waals surface area contributed by atoms with Crippen LogP contribution < -0.4 is 5.32 Å². The number of hydrogen-bond acceptors (Lipinski definition) is 3. The van der Waals surface area contributed by atoms with Crippen molar-refractivity contribution in [3.63, 3.8) is 0 Å². The van der Waals surface area contributed by atoms with E-state index in [0.717, 1.165) is 10.0 Å². The summed E-state index contributed by atoms with van der Waals surface area (Å²) in [5.41, 5.74) is 1.66. The van der Waals surface area contributed by atoms with Gasteiger partial charge in [0.25, 0.3) is 5.91 Å². The summed E-state index contributed by atoms with van der Waals surface area (Å²) in [5, 5.41) is 12.1. The Morgan fingerprint density at radius 3 is 2.67 bits per heavy atom. The predicted octanol–water partition coefficient (Wildman–Crippen LogP) is 2.60. The fourth-order valence-corrected chi connectivity index (χ4v) is 2.92. The maximum Gasteiger partial charge on any atom is 0.251 e. The summed E-state index contributed by atoms with van der Waals surface area (Å²) in [6.07, 6.45) is 1.92. The molecule has 100 valence electrons. The second-order valence-corrected chi connectivity index (χ2v) is 6.23. The maximum atomic E-state index is 12.1. The number of rotatable bonds is 5. The Balaban J connectivity index is 2.76. The molecule has 0 radical (unpaired) electrons. The van der Waals surface area contributed by atoms with E-state index >= 15 is 0 Å². The number of aliphatic hydroxyl groups is 1. The second-order valence-electron chi connectivity index (χ2n) is 4.24. The fourth-order valence-electron chi connectivity index (χ4n) is 1.69. The first kappa shape index (κ1) is 15.5. The zero-order valence-electron chi connectivity index (χ0n) is 10.7. The van der Waals surface area contributed by atoms with Gasteiger partial charge in [0, 0.05) is 21.3 Å². The van der Waals surface area contributed by atoms with Crippen molar-refractivity contribution >= 4 is 33.6 Å². The lowest BCUT2D eigenvalue weighted by Crippen LogP contribution is -2.41. The molecule has 2 atom stereocenters. The van der Waals surface area contributed by atoms with E-state index in [9.17, 15) is 9.90 Å². The third-order valence-electron chi connectivity index (χ3n) is 2.70. The topological polar surface area (TPSA) is 49.3 Å². The Morgan fingerprint density at radius 2 is 2.17 bits per heavy atom. The molecule has 0 fully saturated rings. The number of thioether (sulfide) groups is 1. The molecule has 0 aliphatic rings. The van der Waals surface area contributed by atoms with Crippen molar-refractivity contribution in [1.82, 2.24) is 5.32 Å². The van der Waals surface area contributed by atoms with E-state index in [1.165, 1.54) is 0 Å². The predicted molar refractivity (Wildman–Crippen MR) is 80.2 cm³/mol. The van der Waals surface area contributed by atoms with Gasteiger partial charge in [-0.15, -0.1) is 0 Å². The fraction of sp³-hybridized carbons (Fsp3) is 0.462. The molecule has 0 aliphatic heterocycles. The molecule has 1 aromatic rings. The van der Waals surface area contributed by atoms with E-state index < -0.39 is 0 Å². The highest BCUT2D eigenvalue weighted by molar-refractivity contribution is 9.10. The molecule has 0 spiro atoms. The third kappa shape index (κ3) is 4.30. The number of hydrogen-bond donors (Lipinski definition) is 2. The van der Waals surface area contributed by atoms with Crippen LogP contribution >= 0.6 is 27.7 Å². The summed E-state index contributed by atoms with van der Waals surface area (Å²) in [6.45, 7) is 3.91. The maximum absolute atomic E-state index is 12.1. The van der Waals surface area contributed by atoms with Crippen molar-refractivity contribution in [2.75, 3.05) is 12.9 Å². The molecule has 0 bridgehead atoms. The number of carbonyl (C=O) groups excluding carboxylic acids is 1.